The van der Waals surface area contributed by atoms with Crippen molar-refractivity contribution in [2.45, 2.75) is 19.4 Å². The Morgan fingerprint density at radius 2 is 2.05 bits per heavy atom. The Morgan fingerprint density at radius 3 is 2.67 bits per heavy atom. The number of para-hydroxylation sites is 1. The van der Waals surface area contributed by atoms with Gasteiger partial charge < -0.3 is 10.6 Å². The quantitative estimate of drug-likeness (QED) is 0.838. The Labute approximate surface area is 138 Å². The highest BCUT2D eigenvalue weighted by atomic mass is 35.5. The number of benzene rings is 1. The molecule has 3 nitrogen and oxygen atoms in total. The Kier molecular flexibility index (Phi) is 5.51. The molecule has 0 aliphatic rings. The maximum Gasteiger partial charge on any atom is 0.224 e. The highest BCUT2D eigenvalue weighted by Gasteiger charge is 2.15. The maximum atomic E-state index is 11.6. The number of rotatable bonds is 5. The lowest BCUT2D eigenvalue weighted by Crippen LogP contribution is -2.20. The number of likely N-dealkylation sites (N-methyl/N-ethyl adjacent to an activating group) is 1. The first-order valence-corrected chi connectivity index (χ1v) is 8.08. The fourth-order valence-corrected chi connectivity index (χ4v) is 3.68. The van der Waals surface area contributed by atoms with Crippen molar-refractivity contribution in [2.75, 3.05) is 12.4 Å². The maximum absolute atomic E-state index is 11.6. The summed E-state index contributed by atoms with van der Waals surface area (Å²) in [7, 11) is 1.63. The van der Waals surface area contributed by atoms with E-state index < -0.39 is 0 Å². The van der Waals surface area contributed by atoms with Gasteiger partial charge in [-0.15, -0.1) is 11.3 Å². The van der Waals surface area contributed by atoms with Crippen LogP contribution in [-0.2, 0) is 11.2 Å². The van der Waals surface area contributed by atoms with Crippen LogP contribution in [-0.4, -0.2) is 13.0 Å². The second kappa shape index (κ2) is 7.16. The lowest BCUT2D eigenvalue weighted by Gasteiger charge is -2.17. The van der Waals surface area contributed by atoms with Gasteiger partial charge in [0, 0.05) is 18.3 Å². The SMILES string of the molecule is CNC(=O)Cc1ccccc1NC(C)c1cc(Cl)sc1Cl. The standard InChI is InChI=1S/C15H16Cl2N2OS/c1-9(11-8-13(16)21-15(11)17)19-12-6-4-3-5-10(12)7-14(20)18-2/h3-6,8-9,19H,7H2,1-2H3,(H,18,20). The molecule has 0 aliphatic carbocycles. The molecule has 6 heteroatoms. The van der Waals surface area contributed by atoms with Crippen molar-refractivity contribution in [3.63, 3.8) is 0 Å². The Balaban J connectivity index is 2.19. The van der Waals surface area contributed by atoms with E-state index in [1.165, 1.54) is 11.3 Å². The average molecular weight is 343 g/mol. The number of carbonyl (C=O) groups excluding carboxylic acids is 1. The van der Waals surface area contributed by atoms with Gasteiger partial charge in [0.05, 0.1) is 21.1 Å². The smallest absolute Gasteiger partial charge is 0.224 e. The fraction of sp³-hybridized carbons (Fsp3) is 0.267. The van der Waals surface area contributed by atoms with Gasteiger partial charge in [-0.3, -0.25) is 4.79 Å². The van der Waals surface area contributed by atoms with Crippen LogP contribution in [0.1, 0.15) is 24.1 Å². The summed E-state index contributed by atoms with van der Waals surface area (Å²) in [4.78, 5) is 11.6. The number of halogens is 2. The number of hydrogen-bond donors (Lipinski definition) is 2. The summed E-state index contributed by atoms with van der Waals surface area (Å²) < 4.78 is 1.35. The molecule has 1 unspecified atom stereocenters. The van der Waals surface area contributed by atoms with Gasteiger partial charge in [0.2, 0.25) is 5.91 Å². The zero-order valence-electron chi connectivity index (χ0n) is 11.7. The molecule has 2 aromatic rings. The summed E-state index contributed by atoms with van der Waals surface area (Å²) in [5.74, 6) is -0.0199. The molecule has 0 aliphatic heterocycles. The van der Waals surface area contributed by atoms with Gasteiger partial charge in [-0.2, -0.15) is 0 Å². The van der Waals surface area contributed by atoms with Crippen LogP contribution in [0.15, 0.2) is 30.3 Å². The zero-order valence-corrected chi connectivity index (χ0v) is 14.1. The van der Waals surface area contributed by atoms with Crippen molar-refractivity contribution in [1.29, 1.82) is 0 Å². The first kappa shape index (κ1) is 16.1. The van der Waals surface area contributed by atoms with Gasteiger partial charge in [-0.1, -0.05) is 41.4 Å². The average Bonchev–Trinajstić information content (AvgIpc) is 2.79. The number of nitrogens with one attached hydrogen (secondary N) is 2. The minimum atomic E-state index is -0.0199. The summed E-state index contributed by atoms with van der Waals surface area (Å²) in [6, 6.07) is 9.62. The zero-order chi connectivity index (χ0) is 15.4. The third-order valence-corrected chi connectivity index (χ3v) is 4.69. The number of anilines is 1. The fourth-order valence-electron chi connectivity index (χ4n) is 2.04. The minimum Gasteiger partial charge on any atom is -0.378 e. The van der Waals surface area contributed by atoms with E-state index in [2.05, 4.69) is 10.6 Å². The predicted octanol–water partition coefficient (Wildman–Crippen LogP) is 4.52. The van der Waals surface area contributed by atoms with Crippen LogP contribution in [0.5, 0.6) is 0 Å². The molecule has 1 atom stereocenters. The molecule has 0 bridgehead atoms. The van der Waals surface area contributed by atoms with Gasteiger partial charge in [0.1, 0.15) is 0 Å². The molecular formula is C15H16Cl2N2OS. The van der Waals surface area contributed by atoms with Crippen molar-refractivity contribution < 1.29 is 4.79 Å². The van der Waals surface area contributed by atoms with Crippen LogP contribution in [0.25, 0.3) is 0 Å². The second-order valence-electron chi connectivity index (χ2n) is 4.65. The third-order valence-electron chi connectivity index (χ3n) is 3.17. The van der Waals surface area contributed by atoms with E-state index in [0.717, 1.165) is 16.8 Å². The summed E-state index contributed by atoms with van der Waals surface area (Å²) in [5.41, 5.74) is 2.83. The third kappa shape index (κ3) is 4.13. The van der Waals surface area contributed by atoms with Crippen LogP contribution in [0.2, 0.25) is 8.67 Å². The van der Waals surface area contributed by atoms with Crippen molar-refractivity contribution >= 4 is 46.1 Å². The van der Waals surface area contributed by atoms with E-state index in [-0.39, 0.29) is 11.9 Å². The van der Waals surface area contributed by atoms with Crippen LogP contribution in [0.4, 0.5) is 5.69 Å². The molecule has 1 aromatic heterocycles. The van der Waals surface area contributed by atoms with E-state index in [1.807, 2.05) is 37.3 Å². The lowest BCUT2D eigenvalue weighted by molar-refractivity contribution is -0.119. The van der Waals surface area contributed by atoms with E-state index in [4.69, 9.17) is 23.2 Å². The van der Waals surface area contributed by atoms with Crippen LogP contribution < -0.4 is 10.6 Å². The summed E-state index contributed by atoms with van der Waals surface area (Å²) in [6.07, 6.45) is 0.338. The first-order valence-electron chi connectivity index (χ1n) is 6.51. The monoisotopic (exact) mass is 342 g/mol. The Bertz CT molecular complexity index is 642. The van der Waals surface area contributed by atoms with Crippen LogP contribution in [0, 0.1) is 0 Å². The number of hydrogen-bond acceptors (Lipinski definition) is 3. The molecule has 112 valence electrons. The summed E-state index contributed by atoms with van der Waals surface area (Å²) in [6.45, 7) is 2.01. The topological polar surface area (TPSA) is 41.1 Å². The van der Waals surface area contributed by atoms with Crippen molar-refractivity contribution in [3.05, 3.63) is 50.1 Å². The van der Waals surface area contributed by atoms with Crippen LogP contribution >= 0.6 is 34.5 Å². The van der Waals surface area contributed by atoms with Gasteiger partial charge in [-0.25, -0.2) is 0 Å². The number of thiophene rings is 1. The molecule has 1 aromatic carbocycles. The molecule has 0 fully saturated rings. The minimum absolute atomic E-state index is 0.00656. The van der Waals surface area contributed by atoms with Gasteiger partial charge >= 0.3 is 0 Å². The first-order chi connectivity index (χ1) is 10.0. The molecule has 0 radical (unpaired) electrons. The van der Waals surface area contributed by atoms with Crippen molar-refractivity contribution in [1.82, 2.24) is 5.32 Å². The summed E-state index contributed by atoms with van der Waals surface area (Å²) in [5, 5.41) is 6.03. The molecular weight excluding hydrogens is 327 g/mol. The molecule has 2 rings (SSSR count). The number of carbonyl (C=O) groups is 1. The van der Waals surface area contributed by atoms with Gasteiger partial charge in [-0.05, 0) is 24.6 Å². The number of amides is 1. The second-order valence-corrected chi connectivity index (χ2v) is 6.94. The molecule has 0 saturated carbocycles. The van der Waals surface area contributed by atoms with Crippen LogP contribution in [0.3, 0.4) is 0 Å². The molecule has 2 N–H and O–H groups in total. The van der Waals surface area contributed by atoms with E-state index in [1.54, 1.807) is 7.05 Å². The summed E-state index contributed by atoms with van der Waals surface area (Å²) >= 11 is 13.5. The molecule has 1 heterocycles. The lowest BCUT2D eigenvalue weighted by atomic mass is 10.1. The normalized spacial score (nSPS) is 12.0. The highest BCUT2D eigenvalue weighted by molar-refractivity contribution is 7.20. The molecule has 21 heavy (non-hydrogen) atoms. The largest absolute Gasteiger partial charge is 0.378 e. The van der Waals surface area contributed by atoms with Gasteiger partial charge in [0.25, 0.3) is 0 Å². The van der Waals surface area contributed by atoms with Gasteiger partial charge in [0.15, 0.2) is 0 Å². The highest BCUT2D eigenvalue weighted by Crippen LogP contribution is 2.36. The van der Waals surface area contributed by atoms with E-state index in [0.29, 0.717) is 15.1 Å². The predicted molar refractivity (Wildman–Crippen MR) is 90.6 cm³/mol. The van der Waals surface area contributed by atoms with E-state index in [9.17, 15) is 4.79 Å². The van der Waals surface area contributed by atoms with Crippen molar-refractivity contribution in [2.24, 2.45) is 0 Å². The molecule has 0 saturated heterocycles. The van der Waals surface area contributed by atoms with Crippen molar-refractivity contribution in [3.8, 4) is 0 Å². The Morgan fingerprint density at radius 1 is 1.33 bits per heavy atom. The molecule has 1 amide bonds. The van der Waals surface area contributed by atoms with E-state index >= 15 is 0 Å². The molecule has 0 spiro atoms. The Hall–Kier alpha value is -1.23.